The van der Waals surface area contributed by atoms with Crippen LogP contribution in [0.15, 0.2) is 69.1 Å². The molecule has 0 unspecified atom stereocenters. The zero-order valence-electron chi connectivity index (χ0n) is 15.9. The molecular weight excluding hydrogens is 370 g/mol. The molecule has 0 saturated heterocycles. The number of rotatable bonds is 6. The van der Waals surface area contributed by atoms with Crippen LogP contribution in [-0.2, 0) is 18.7 Å². The number of para-hydroxylation sites is 1. The topological polar surface area (TPSA) is 60.9 Å². The van der Waals surface area contributed by atoms with E-state index in [4.69, 9.17) is 9.51 Å². The highest BCUT2D eigenvalue weighted by atomic mass is 32.2. The summed E-state index contributed by atoms with van der Waals surface area (Å²) in [6, 6.07) is 17.7. The standard InChI is InChI=1S/C22H21N3O2S/c1-15-19(16(2)27-24-15)14-28-22-23-20-11-7-6-10-18(20)21(26)25(22)13-12-17-8-4-3-5-9-17/h3-11H,12-14H2,1-2H3. The number of fused-ring (bicyclic) bond motifs is 1. The molecule has 2 aromatic carbocycles. The van der Waals surface area contributed by atoms with Crippen LogP contribution in [0.3, 0.4) is 0 Å². The summed E-state index contributed by atoms with van der Waals surface area (Å²) in [5, 5.41) is 5.39. The van der Waals surface area contributed by atoms with Gasteiger partial charge in [-0.3, -0.25) is 9.36 Å². The van der Waals surface area contributed by atoms with Crippen molar-refractivity contribution in [3.63, 3.8) is 0 Å². The zero-order chi connectivity index (χ0) is 19.5. The predicted octanol–water partition coefficient (Wildman–Crippen LogP) is 4.54. The van der Waals surface area contributed by atoms with E-state index in [1.807, 2.05) is 56.3 Å². The molecule has 0 spiro atoms. The van der Waals surface area contributed by atoms with Crippen LogP contribution >= 0.6 is 11.8 Å². The molecule has 0 amide bonds. The average Bonchev–Trinajstić information content (AvgIpc) is 3.04. The van der Waals surface area contributed by atoms with Crippen molar-refractivity contribution in [2.45, 2.75) is 37.7 Å². The summed E-state index contributed by atoms with van der Waals surface area (Å²) in [7, 11) is 0. The van der Waals surface area contributed by atoms with Crippen molar-refractivity contribution in [3.8, 4) is 0 Å². The molecule has 5 nitrogen and oxygen atoms in total. The largest absolute Gasteiger partial charge is 0.361 e. The van der Waals surface area contributed by atoms with Crippen molar-refractivity contribution in [2.24, 2.45) is 0 Å². The third-order valence-corrected chi connectivity index (χ3v) is 5.82. The number of aryl methyl sites for hydroxylation is 3. The maximum Gasteiger partial charge on any atom is 0.262 e. The number of hydrogen-bond acceptors (Lipinski definition) is 5. The summed E-state index contributed by atoms with van der Waals surface area (Å²) in [4.78, 5) is 17.9. The Balaban J connectivity index is 1.69. The van der Waals surface area contributed by atoms with Crippen molar-refractivity contribution >= 4 is 22.7 Å². The van der Waals surface area contributed by atoms with Gasteiger partial charge in [-0.15, -0.1) is 0 Å². The van der Waals surface area contributed by atoms with E-state index in [0.29, 0.717) is 17.7 Å². The number of aromatic nitrogens is 3. The highest BCUT2D eigenvalue weighted by Gasteiger charge is 2.15. The number of benzene rings is 2. The van der Waals surface area contributed by atoms with Crippen molar-refractivity contribution in [1.29, 1.82) is 0 Å². The first kappa shape index (κ1) is 18.5. The fraction of sp³-hybridized carbons (Fsp3) is 0.227. The van der Waals surface area contributed by atoms with E-state index >= 15 is 0 Å². The van der Waals surface area contributed by atoms with Gasteiger partial charge in [-0.05, 0) is 38.0 Å². The van der Waals surface area contributed by atoms with Gasteiger partial charge in [0.15, 0.2) is 5.16 Å². The Morgan fingerprint density at radius 3 is 2.54 bits per heavy atom. The molecule has 142 valence electrons. The molecule has 0 N–H and O–H groups in total. The molecule has 0 aliphatic heterocycles. The molecule has 28 heavy (non-hydrogen) atoms. The van der Waals surface area contributed by atoms with Gasteiger partial charge in [-0.25, -0.2) is 4.98 Å². The monoisotopic (exact) mass is 391 g/mol. The summed E-state index contributed by atoms with van der Waals surface area (Å²) >= 11 is 1.55. The lowest BCUT2D eigenvalue weighted by atomic mass is 10.1. The first-order valence-corrected chi connectivity index (χ1v) is 10.2. The zero-order valence-corrected chi connectivity index (χ0v) is 16.7. The third kappa shape index (κ3) is 3.73. The van der Waals surface area contributed by atoms with E-state index in [1.54, 1.807) is 16.3 Å². The van der Waals surface area contributed by atoms with Crippen LogP contribution in [0.5, 0.6) is 0 Å². The quantitative estimate of drug-likeness (QED) is 0.357. The molecule has 6 heteroatoms. The number of nitrogens with zero attached hydrogens (tertiary/aromatic N) is 3. The van der Waals surface area contributed by atoms with E-state index in [2.05, 4.69) is 17.3 Å². The van der Waals surface area contributed by atoms with E-state index in [-0.39, 0.29) is 5.56 Å². The molecule has 0 aliphatic rings. The second-order valence-electron chi connectivity index (χ2n) is 6.70. The first-order chi connectivity index (χ1) is 13.6. The highest BCUT2D eigenvalue weighted by molar-refractivity contribution is 7.98. The SMILES string of the molecule is Cc1noc(C)c1CSc1nc2ccccc2c(=O)n1CCc1ccccc1. The summed E-state index contributed by atoms with van der Waals surface area (Å²) in [5.74, 6) is 1.47. The Kier molecular flexibility index (Phi) is 5.30. The van der Waals surface area contributed by atoms with Crippen LogP contribution in [0.2, 0.25) is 0 Å². The first-order valence-electron chi connectivity index (χ1n) is 9.21. The van der Waals surface area contributed by atoms with E-state index < -0.39 is 0 Å². The molecule has 2 heterocycles. The molecule has 4 aromatic rings. The lowest BCUT2D eigenvalue weighted by Crippen LogP contribution is -2.24. The maximum absolute atomic E-state index is 13.1. The minimum atomic E-state index is 0.00259. The van der Waals surface area contributed by atoms with Crippen LogP contribution in [0, 0.1) is 13.8 Å². The summed E-state index contributed by atoms with van der Waals surface area (Å²) in [6.07, 6.45) is 0.777. The van der Waals surface area contributed by atoms with Crippen molar-refractivity contribution in [2.75, 3.05) is 0 Å². The lowest BCUT2D eigenvalue weighted by molar-refractivity contribution is 0.392. The van der Waals surface area contributed by atoms with Gasteiger partial charge in [0.25, 0.3) is 5.56 Å². The van der Waals surface area contributed by atoms with Gasteiger partial charge in [-0.2, -0.15) is 0 Å². The normalized spacial score (nSPS) is 11.2. The highest BCUT2D eigenvalue weighted by Crippen LogP contribution is 2.25. The van der Waals surface area contributed by atoms with Gasteiger partial charge in [0.05, 0.1) is 16.6 Å². The van der Waals surface area contributed by atoms with Gasteiger partial charge in [0.1, 0.15) is 5.76 Å². The van der Waals surface area contributed by atoms with Crippen molar-refractivity contribution < 1.29 is 4.52 Å². The summed E-state index contributed by atoms with van der Waals surface area (Å²) in [5.41, 5.74) is 3.86. The summed E-state index contributed by atoms with van der Waals surface area (Å²) < 4.78 is 7.05. The molecule has 0 bridgehead atoms. The minimum Gasteiger partial charge on any atom is -0.361 e. The Labute approximate surface area is 167 Å². The van der Waals surface area contributed by atoms with Crippen molar-refractivity contribution in [1.82, 2.24) is 14.7 Å². The van der Waals surface area contributed by atoms with Gasteiger partial charge in [0, 0.05) is 17.9 Å². The second-order valence-corrected chi connectivity index (χ2v) is 7.64. The fourth-order valence-corrected chi connectivity index (χ4v) is 4.36. The average molecular weight is 391 g/mol. The Morgan fingerprint density at radius 2 is 1.79 bits per heavy atom. The Morgan fingerprint density at radius 1 is 1.04 bits per heavy atom. The van der Waals surface area contributed by atoms with Crippen LogP contribution in [0.1, 0.15) is 22.6 Å². The van der Waals surface area contributed by atoms with E-state index in [0.717, 1.165) is 34.1 Å². The Hall–Kier alpha value is -2.86. The third-order valence-electron chi connectivity index (χ3n) is 4.82. The molecule has 0 atom stereocenters. The van der Waals surface area contributed by atoms with Crippen molar-refractivity contribution in [3.05, 3.63) is 87.5 Å². The minimum absolute atomic E-state index is 0.00259. The van der Waals surface area contributed by atoms with Gasteiger partial charge in [-0.1, -0.05) is 59.4 Å². The molecular formula is C22H21N3O2S. The smallest absolute Gasteiger partial charge is 0.262 e. The van der Waals surface area contributed by atoms with Gasteiger partial charge in [0.2, 0.25) is 0 Å². The van der Waals surface area contributed by atoms with Gasteiger partial charge >= 0.3 is 0 Å². The fourth-order valence-electron chi connectivity index (χ4n) is 3.19. The number of hydrogen-bond donors (Lipinski definition) is 0. The number of thioether (sulfide) groups is 1. The summed E-state index contributed by atoms with van der Waals surface area (Å²) in [6.45, 7) is 4.43. The van der Waals surface area contributed by atoms with Crippen LogP contribution in [0.25, 0.3) is 10.9 Å². The molecule has 0 radical (unpaired) electrons. The van der Waals surface area contributed by atoms with Gasteiger partial charge < -0.3 is 4.52 Å². The Bertz CT molecular complexity index is 1150. The maximum atomic E-state index is 13.1. The van der Waals surface area contributed by atoms with Crippen LogP contribution < -0.4 is 5.56 Å². The molecule has 0 aliphatic carbocycles. The van der Waals surface area contributed by atoms with Crippen LogP contribution in [0.4, 0.5) is 0 Å². The second kappa shape index (κ2) is 8.02. The predicted molar refractivity (Wildman–Crippen MR) is 112 cm³/mol. The molecule has 0 fully saturated rings. The lowest BCUT2D eigenvalue weighted by Gasteiger charge is -2.13. The van der Waals surface area contributed by atoms with Crippen LogP contribution in [-0.4, -0.2) is 14.7 Å². The molecule has 2 aromatic heterocycles. The molecule has 4 rings (SSSR count). The van der Waals surface area contributed by atoms with E-state index in [1.165, 1.54) is 5.56 Å². The van der Waals surface area contributed by atoms with E-state index in [9.17, 15) is 4.79 Å². The molecule has 0 saturated carbocycles.